The summed E-state index contributed by atoms with van der Waals surface area (Å²) in [6.45, 7) is 9.26. The van der Waals surface area contributed by atoms with Crippen LogP contribution in [0.5, 0.6) is 0 Å². The van der Waals surface area contributed by atoms with E-state index in [2.05, 4.69) is 16.0 Å². The van der Waals surface area contributed by atoms with E-state index >= 15 is 0 Å². The number of ketones is 1. The molecule has 2 aromatic carbocycles. The van der Waals surface area contributed by atoms with Crippen LogP contribution in [0.3, 0.4) is 0 Å². The lowest BCUT2D eigenvalue weighted by molar-refractivity contribution is -0.157. The van der Waals surface area contributed by atoms with Gasteiger partial charge in [0.05, 0.1) is 11.4 Å². The number of esters is 1. The molecule has 0 saturated carbocycles. The third-order valence-corrected chi connectivity index (χ3v) is 6.79. The molecule has 182 valence electrons. The van der Waals surface area contributed by atoms with E-state index in [1.165, 1.54) is 11.8 Å². The Bertz CT molecular complexity index is 1010. The van der Waals surface area contributed by atoms with E-state index in [9.17, 15) is 14.4 Å². The molecule has 8 heteroatoms. The van der Waals surface area contributed by atoms with E-state index in [0.29, 0.717) is 5.69 Å². The summed E-state index contributed by atoms with van der Waals surface area (Å²) in [7, 11) is 0. The average Bonchev–Trinajstić information content (AvgIpc) is 3.07. The predicted molar refractivity (Wildman–Crippen MR) is 136 cm³/mol. The van der Waals surface area contributed by atoms with Crippen molar-refractivity contribution >= 4 is 35.2 Å². The quantitative estimate of drug-likeness (QED) is 0.512. The molecule has 1 saturated heterocycles. The maximum absolute atomic E-state index is 13.2. The summed E-state index contributed by atoms with van der Waals surface area (Å²) in [5, 5.41) is 8.26. The van der Waals surface area contributed by atoms with Gasteiger partial charge in [-0.2, -0.15) is 0 Å². The van der Waals surface area contributed by atoms with Crippen molar-refractivity contribution < 1.29 is 19.1 Å². The molecule has 0 spiro atoms. The van der Waals surface area contributed by atoms with Crippen LogP contribution in [0.2, 0.25) is 0 Å². The second-order valence-electron chi connectivity index (χ2n) is 9.85. The number of benzene rings is 2. The first-order chi connectivity index (χ1) is 15.9. The summed E-state index contributed by atoms with van der Waals surface area (Å²) in [6.07, 6.45) is 0.286. The summed E-state index contributed by atoms with van der Waals surface area (Å²) >= 11 is 1.45. The van der Waals surface area contributed by atoms with Gasteiger partial charge in [0, 0.05) is 16.9 Å². The third kappa shape index (κ3) is 7.08. The molecule has 3 unspecified atom stereocenters. The molecule has 1 aliphatic heterocycles. The Kier molecular flexibility index (Phi) is 8.05. The number of para-hydroxylation sites is 1. The number of amides is 2. The first kappa shape index (κ1) is 25.8. The normalized spacial score (nSPS) is 20.3. The van der Waals surface area contributed by atoms with Gasteiger partial charge in [-0.3, -0.25) is 10.1 Å². The number of Topliss-reactive ketones (excluding diaryl/α,β-unsaturated/α-hetero) is 1. The zero-order chi connectivity index (χ0) is 24.9. The molecule has 3 rings (SSSR count). The number of hydrogen-bond donors (Lipinski definition) is 3. The van der Waals surface area contributed by atoms with E-state index < -0.39 is 39.8 Å². The Hall–Kier alpha value is -2.84. The number of thioether (sulfide) groups is 1. The fourth-order valence-electron chi connectivity index (χ4n) is 3.79. The molecule has 0 radical (unpaired) electrons. The summed E-state index contributed by atoms with van der Waals surface area (Å²) in [6, 6.07) is 16.5. The largest absolute Gasteiger partial charge is 0.458 e. The Morgan fingerprint density at radius 1 is 1.03 bits per heavy atom. The van der Waals surface area contributed by atoms with Gasteiger partial charge >= 0.3 is 12.0 Å². The fourth-order valence-corrected chi connectivity index (χ4v) is 5.30. The molecule has 3 N–H and O–H groups in total. The molecule has 2 amide bonds. The molecule has 0 aromatic heterocycles. The summed E-state index contributed by atoms with van der Waals surface area (Å²) in [5.74, 6) is -0.532. The van der Waals surface area contributed by atoms with Crippen LogP contribution in [-0.2, 0) is 20.7 Å². The van der Waals surface area contributed by atoms with Crippen LogP contribution in [0.1, 0.15) is 40.2 Å². The maximum Gasteiger partial charge on any atom is 0.331 e. The van der Waals surface area contributed by atoms with Crippen LogP contribution < -0.4 is 16.0 Å². The number of nitrogens with one attached hydrogen (secondary N) is 3. The Labute approximate surface area is 205 Å². The standard InChI is InChI=1S/C26H33N3O4S/c1-25(2,3)33-23(31)20(28-24(32)27-18-14-10-7-11-15-18)22-29-21(26(4,5)34-22)19(30)16-17-12-8-6-9-13-17/h6-15,20-22,29H,16H2,1-5H3,(H2,27,28,32). The molecule has 1 heterocycles. The molecule has 1 fully saturated rings. The highest BCUT2D eigenvalue weighted by atomic mass is 32.2. The van der Waals surface area contributed by atoms with Gasteiger partial charge in [-0.05, 0) is 52.3 Å². The number of hydrogen-bond acceptors (Lipinski definition) is 6. The Morgan fingerprint density at radius 2 is 1.62 bits per heavy atom. The first-order valence-electron chi connectivity index (χ1n) is 11.3. The zero-order valence-electron chi connectivity index (χ0n) is 20.3. The number of anilines is 1. The summed E-state index contributed by atoms with van der Waals surface area (Å²) in [5.41, 5.74) is 0.808. The van der Waals surface area contributed by atoms with Gasteiger partial charge in [-0.1, -0.05) is 48.5 Å². The van der Waals surface area contributed by atoms with Crippen LogP contribution in [0.15, 0.2) is 60.7 Å². The van der Waals surface area contributed by atoms with Crippen LogP contribution in [0.25, 0.3) is 0 Å². The SMILES string of the molecule is CC(C)(C)OC(=O)C(NC(=O)Nc1ccccc1)C1NC(C(=O)Cc2ccccc2)C(C)(C)S1. The number of ether oxygens (including phenoxy) is 1. The minimum atomic E-state index is -0.998. The first-order valence-corrected chi connectivity index (χ1v) is 12.2. The third-order valence-electron chi connectivity index (χ3n) is 5.28. The highest BCUT2D eigenvalue weighted by Crippen LogP contribution is 2.40. The fraction of sp³-hybridized carbons (Fsp3) is 0.423. The van der Waals surface area contributed by atoms with Crippen molar-refractivity contribution in [3.05, 3.63) is 66.2 Å². The maximum atomic E-state index is 13.2. The van der Waals surface area contributed by atoms with Crippen LogP contribution >= 0.6 is 11.8 Å². The van der Waals surface area contributed by atoms with E-state index in [1.807, 2.05) is 50.2 Å². The van der Waals surface area contributed by atoms with Gasteiger partial charge in [-0.25, -0.2) is 9.59 Å². The highest BCUT2D eigenvalue weighted by molar-refractivity contribution is 8.01. The van der Waals surface area contributed by atoms with Gasteiger partial charge in [0.25, 0.3) is 0 Å². The second kappa shape index (κ2) is 10.6. The van der Waals surface area contributed by atoms with Crippen LogP contribution in [0.4, 0.5) is 10.5 Å². The second-order valence-corrected chi connectivity index (χ2v) is 11.6. The topological polar surface area (TPSA) is 96.5 Å². The average molecular weight is 484 g/mol. The predicted octanol–water partition coefficient (Wildman–Crippen LogP) is 4.14. The Balaban J connectivity index is 1.77. The molecular weight excluding hydrogens is 450 g/mol. The monoisotopic (exact) mass is 483 g/mol. The van der Waals surface area contributed by atoms with E-state index in [0.717, 1.165) is 5.56 Å². The van der Waals surface area contributed by atoms with Gasteiger partial charge in [0.15, 0.2) is 11.8 Å². The molecule has 0 aliphatic carbocycles. The number of carbonyl (C=O) groups is 3. The molecule has 2 aromatic rings. The number of carbonyl (C=O) groups excluding carboxylic acids is 3. The summed E-state index contributed by atoms with van der Waals surface area (Å²) < 4.78 is 5.11. The van der Waals surface area contributed by atoms with E-state index in [1.54, 1.807) is 45.0 Å². The number of urea groups is 1. The van der Waals surface area contributed by atoms with E-state index in [-0.39, 0.29) is 12.2 Å². The van der Waals surface area contributed by atoms with Gasteiger partial charge in [0.2, 0.25) is 0 Å². The van der Waals surface area contributed by atoms with Crippen molar-refractivity contribution in [1.29, 1.82) is 0 Å². The zero-order valence-corrected chi connectivity index (χ0v) is 21.1. The lowest BCUT2D eigenvalue weighted by Gasteiger charge is -2.28. The van der Waals surface area contributed by atoms with Crippen molar-refractivity contribution in [2.24, 2.45) is 0 Å². The molecule has 7 nitrogen and oxygen atoms in total. The van der Waals surface area contributed by atoms with Crippen LogP contribution in [-0.4, -0.2) is 45.6 Å². The lowest BCUT2D eigenvalue weighted by Crippen LogP contribution is -2.56. The van der Waals surface area contributed by atoms with Crippen molar-refractivity contribution in [2.75, 3.05) is 5.32 Å². The number of rotatable bonds is 7. The van der Waals surface area contributed by atoms with Crippen LogP contribution in [0, 0.1) is 0 Å². The molecule has 3 atom stereocenters. The van der Waals surface area contributed by atoms with Crippen molar-refractivity contribution in [2.45, 2.75) is 68.8 Å². The van der Waals surface area contributed by atoms with E-state index in [4.69, 9.17) is 4.74 Å². The summed E-state index contributed by atoms with van der Waals surface area (Å²) in [4.78, 5) is 39.0. The minimum absolute atomic E-state index is 0.0304. The smallest absolute Gasteiger partial charge is 0.331 e. The molecular formula is C26H33N3O4S. The Morgan fingerprint density at radius 3 is 2.21 bits per heavy atom. The molecule has 34 heavy (non-hydrogen) atoms. The van der Waals surface area contributed by atoms with Gasteiger partial charge in [-0.15, -0.1) is 11.8 Å². The molecule has 0 bridgehead atoms. The van der Waals surface area contributed by atoms with Gasteiger partial charge < -0.3 is 15.4 Å². The molecule has 1 aliphatic rings. The highest BCUT2D eigenvalue weighted by Gasteiger charge is 2.49. The van der Waals surface area contributed by atoms with Gasteiger partial charge in [0.1, 0.15) is 5.60 Å². The lowest BCUT2D eigenvalue weighted by atomic mass is 9.94. The minimum Gasteiger partial charge on any atom is -0.458 e. The van der Waals surface area contributed by atoms with Crippen molar-refractivity contribution in [3.63, 3.8) is 0 Å². The van der Waals surface area contributed by atoms with Crippen molar-refractivity contribution in [1.82, 2.24) is 10.6 Å². The van der Waals surface area contributed by atoms with Crippen molar-refractivity contribution in [3.8, 4) is 0 Å².